The third kappa shape index (κ3) is 7.48. The lowest BCUT2D eigenvalue weighted by molar-refractivity contribution is 0.581. The Balaban J connectivity index is 2.28. The Labute approximate surface area is 139 Å². The largest absolute Gasteiger partial charge is 0.385 e. The molecule has 126 valence electrons. The van der Waals surface area contributed by atoms with Gasteiger partial charge >= 0.3 is 0 Å². The summed E-state index contributed by atoms with van der Waals surface area (Å²) in [5.74, 6) is 0. The van der Waals surface area contributed by atoms with Crippen LogP contribution in [0.3, 0.4) is 0 Å². The second-order valence-electron chi connectivity index (χ2n) is 7.70. The Kier molecular flexibility index (Phi) is 8.85. The minimum absolute atomic E-state index is 1.12. The Hall–Kier alpha value is -0.763. The van der Waals surface area contributed by atoms with Crippen LogP contribution in [0.15, 0.2) is 18.2 Å². The summed E-state index contributed by atoms with van der Waals surface area (Å²) < 4.78 is 0. The zero-order valence-electron chi connectivity index (χ0n) is 15.6. The van der Waals surface area contributed by atoms with Crippen molar-refractivity contribution in [3.05, 3.63) is 23.8 Å². The summed E-state index contributed by atoms with van der Waals surface area (Å²) in [6.07, 6.45) is 11.1. The van der Waals surface area contributed by atoms with Gasteiger partial charge in [0.2, 0.25) is 0 Å². The predicted molar refractivity (Wildman–Crippen MR) is 105 cm³/mol. The zero-order valence-corrected chi connectivity index (χ0v) is 16.6. The van der Waals surface area contributed by atoms with Crippen molar-refractivity contribution in [2.45, 2.75) is 84.9 Å². The van der Waals surface area contributed by atoms with Crippen LogP contribution in [0.2, 0.25) is 19.6 Å². The van der Waals surface area contributed by atoms with Crippen molar-refractivity contribution in [2.75, 3.05) is 11.9 Å². The van der Waals surface area contributed by atoms with Gasteiger partial charge in [-0.15, -0.1) is 0 Å². The lowest BCUT2D eigenvalue weighted by Crippen LogP contribution is -2.39. The lowest BCUT2D eigenvalue weighted by atomic mass is 10.1. The average Bonchev–Trinajstić information content (AvgIpc) is 2.46. The molecule has 1 aromatic carbocycles. The van der Waals surface area contributed by atoms with E-state index in [1.807, 2.05) is 0 Å². The molecule has 0 radical (unpaired) electrons. The molecule has 0 atom stereocenters. The van der Waals surface area contributed by atoms with Crippen LogP contribution < -0.4 is 10.5 Å². The second-order valence-corrected chi connectivity index (χ2v) is 12.7. The highest BCUT2D eigenvalue weighted by Gasteiger charge is 2.20. The fourth-order valence-corrected chi connectivity index (χ4v) is 4.56. The van der Waals surface area contributed by atoms with Crippen LogP contribution in [0, 0.1) is 6.92 Å². The van der Waals surface area contributed by atoms with Gasteiger partial charge in [0.05, 0.1) is 8.07 Å². The van der Waals surface area contributed by atoms with Gasteiger partial charge in [0.25, 0.3) is 0 Å². The van der Waals surface area contributed by atoms with Crippen molar-refractivity contribution in [3.63, 3.8) is 0 Å². The molecule has 0 fully saturated rings. The highest BCUT2D eigenvalue weighted by Crippen LogP contribution is 2.14. The van der Waals surface area contributed by atoms with Crippen LogP contribution >= 0.6 is 0 Å². The molecule has 0 aliphatic rings. The Morgan fingerprint density at radius 2 is 1.45 bits per heavy atom. The first-order valence-corrected chi connectivity index (χ1v) is 12.8. The fraction of sp³-hybridized carbons (Fsp3) is 0.700. The minimum atomic E-state index is -1.27. The van der Waals surface area contributed by atoms with Crippen LogP contribution in [-0.4, -0.2) is 14.6 Å². The van der Waals surface area contributed by atoms with E-state index in [1.165, 1.54) is 62.6 Å². The minimum Gasteiger partial charge on any atom is -0.385 e. The molecule has 1 rings (SSSR count). The van der Waals surface area contributed by atoms with Crippen LogP contribution in [0.4, 0.5) is 5.69 Å². The van der Waals surface area contributed by atoms with Gasteiger partial charge in [0.15, 0.2) is 0 Å². The molecular weight excluding hydrogens is 282 g/mol. The highest BCUT2D eigenvalue weighted by molar-refractivity contribution is 6.89. The van der Waals surface area contributed by atoms with E-state index in [1.54, 1.807) is 5.19 Å². The maximum absolute atomic E-state index is 3.69. The summed E-state index contributed by atoms with van der Waals surface area (Å²) in [5, 5.41) is 5.27. The molecule has 0 saturated heterocycles. The van der Waals surface area contributed by atoms with Crippen molar-refractivity contribution < 1.29 is 0 Å². The van der Waals surface area contributed by atoms with E-state index in [2.05, 4.69) is 57.0 Å². The van der Waals surface area contributed by atoms with Crippen LogP contribution in [0.5, 0.6) is 0 Å². The summed E-state index contributed by atoms with van der Waals surface area (Å²) in [5.41, 5.74) is 2.77. The molecule has 0 heterocycles. The van der Waals surface area contributed by atoms with Gasteiger partial charge in [-0.05, 0) is 24.6 Å². The van der Waals surface area contributed by atoms with Gasteiger partial charge in [-0.25, -0.2) is 0 Å². The molecule has 0 amide bonds. The second kappa shape index (κ2) is 10.1. The lowest BCUT2D eigenvalue weighted by Gasteiger charge is -2.22. The van der Waals surface area contributed by atoms with Crippen LogP contribution in [-0.2, 0) is 0 Å². The molecule has 0 saturated carbocycles. The number of nitrogens with one attached hydrogen (secondary N) is 1. The topological polar surface area (TPSA) is 12.0 Å². The summed E-state index contributed by atoms with van der Waals surface area (Å²) in [6.45, 7) is 12.9. The molecule has 22 heavy (non-hydrogen) atoms. The SMILES string of the molecule is CCCCCCCCCCNc1ccc(C)cc1[Si](C)(C)C. The van der Waals surface area contributed by atoms with Crippen molar-refractivity contribution in [1.82, 2.24) is 0 Å². The molecule has 0 aliphatic heterocycles. The number of unbranched alkanes of at least 4 members (excludes halogenated alkanes) is 7. The van der Waals surface area contributed by atoms with Gasteiger partial charge in [0, 0.05) is 12.2 Å². The molecule has 0 bridgehead atoms. The normalized spacial score (nSPS) is 11.7. The maximum Gasteiger partial charge on any atom is 0.0803 e. The highest BCUT2D eigenvalue weighted by atomic mass is 28.3. The van der Waals surface area contributed by atoms with Crippen LogP contribution in [0.25, 0.3) is 0 Å². The molecule has 1 aromatic rings. The smallest absolute Gasteiger partial charge is 0.0803 e. The van der Waals surface area contributed by atoms with E-state index >= 15 is 0 Å². The van der Waals surface area contributed by atoms with Crippen LogP contribution in [0.1, 0.15) is 63.9 Å². The number of aryl methyl sites for hydroxylation is 1. The van der Waals surface area contributed by atoms with Gasteiger partial charge in [-0.3, -0.25) is 0 Å². The maximum atomic E-state index is 3.69. The average molecular weight is 320 g/mol. The predicted octanol–water partition coefficient (Wildman–Crippen LogP) is 6.09. The number of hydrogen-bond acceptors (Lipinski definition) is 1. The number of hydrogen-bond donors (Lipinski definition) is 1. The van der Waals surface area contributed by atoms with E-state index in [-0.39, 0.29) is 0 Å². The first-order valence-electron chi connectivity index (χ1n) is 9.30. The van der Waals surface area contributed by atoms with Crippen molar-refractivity contribution in [3.8, 4) is 0 Å². The first-order chi connectivity index (χ1) is 10.4. The molecule has 0 aromatic heterocycles. The van der Waals surface area contributed by atoms with Gasteiger partial charge in [-0.1, -0.05) is 89.2 Å². The Bertz CT molecular complexity index is 420. The third-order valence-electron chi connectivity index (χ3n) is 4.33. The summed E-state index contributed by atoms with van der Waals surface area (Å²) in [6, 6.07) is 6.91. The van der Waals surface area contributed by atoms with E-state index in [0.717, 1.165) is 6.54 Å². The van der Waals surface area contributed by atoms with E-state index in [0.29, 0.717) is 0 Å². The number of rotatable bonds is 11. The molecule has 1 N–H and O–H groups in total. The summed E-state index contributed by atoms with van der Waals surface area (Å²) in [4.78, 5) is 0. The van der Waals surface area contributed by atoms with Crippen molar-refractivity contribution >= 4 is 18.9 Å². The van der Waals surface area contributed by atoms with E-state index < -0.39 is 8.07 Å². The van der Waals surface area contributed by atoms with E-state index in [4.69, 9.17) is 0 Å². The summed E-state index contributed by atoms with van der Waals surface area (Å²) in [7, 11) is -1.27. The number of anilines is 1. The van der Waals surface area contributed by atoms with E-state index in [9.17, 15) is 0 Å². The van der Waals surface area contributed by atoms with Crippen molar-refractivity contribution in [2.24, 2.45) is 0 Å². The first kappa shape index (κ1) is 19.3. The Morgan fingerprint density at radius 1 is 0.864 bits per heavy atom. The van der Waals surface area contributed by atoms with Gasteiger partial charge < -0.3 is 5.32 Å². The zero-order chi connectivity index (χ0) is 16.4. The molecular formula is C20H37NSi. The van der Waals surface area contributed by atoms with Crippen molar-refractivity contribution in [1.29, 1.82) is 0 Å². The molecule has 1 nitrogen and oxygen atoms in total. The quantitative estimate of drug-likeness (QED) is 0.384. The fourth-order valence-electron chi connectivity index (χ4n) is 2.91. The molecule has 2 heteroatoms. The third-order valence-corrected chi connectivity index (χ3v) is 6.36. The Morgan fingerprint density at radius 3 is 2.05 bits per heavy atom. The standard InChI is InChI=1S/C20H37NSi/c1-6-7-8-9-10-11-12-13-16-21-19-15-14-18(2)17-20(19)22(3,4)5/h14-15,17,21H,6-13,16H2,1-5H3. The molecule has 0 aliphatic carbocycles. The molecule has 0 spiro atoms. The molecule has 0 unspecified atom stereocenters. The van der Waals surface area contributed by atoms with Gasteiger partial charge in [-0.2, -0.15) is 0 Å². The van der Waals surface area contributed by atoms with Gasteiger partial charge in [0.1, 0.15) is 0 Å². The monoisotopic (exact) mass is 319 g/mol. The summed E-state index contributed by atoms with van der Waals surface area (Å²) >= 11 is 0. The number of benzene rings is 1.